The molecule has 2 rings (SSSR count). The first-order chi connectivity index (χ1) is 6.61. The van der Waals surface area contributed by atoms with E-state index in [1.54, 1.807) is 6.07 Å². The lowest BCUT2D eigenvalue weighted by molar-refractivity contribution is 0.636. The van der Waals surface area contributed by atoms with Crippen LogP contribution in [0.15, 0.2) is 22.8 Å². The highest BCUT2D eigenvalue weighted by molar-refractivity contribution is 9.10. The number of hydrogen-bond acceptors (Lipinski definition) is 2. The van der Waals surface area contributed by atoms with E-state index in [0.717, 1.165) is 0 Å². The zero-order valence-electron chi connectivity index (χ0n) is 6.89. The van der Waals surface area contributed by atoms with Crippen molar-refractivity contribution in [3.05, 3.63) is 33.6 Å². The summed E-state index contributed by atoms with van der Waals surface area (Å²) in [7, 11) is 0. The van der Waals surface area contributed by atoms with Gasteiger partial charge in [0, 0.05) is 9.86 Å². The molecule has 2 nitrogen and oxygen atoms in total. The lowest BCUT2D eigenvalue weighted by Gasteiger charge is -2.05. The number of anilines is 1. The van der Waals surface area contributed by atoms with E-state index in [1.807, 2.05) is 0 Å². The van der Waals surface area contributed by atoms with Crippen molar-refractivity contribution in [1.29, 1.82) is 0 Å². The number of nitrogens with zero attached hydrogens (tertiary/aromatic N) is 1. The fourth-order valence-electron chi connectivity index (χ4n) is 1.21. The monoisotopic (exact) mass is 274 g/mol. The molecule has 0 radical (unpaired) electrons. The predicted octanol–water partition coefficient (Wildman–Crippen LogP) is 3.37. The van der Waals surface area contributed by atoms with Crippen LogP contribution in [0.3, 0.4) is 0 Å². The van der Waals surface area contributed by atoms with Crippen LogP contribution in [-0.2, 0) is 0 Å². The Bertz CT molecular complexity index is 516. The summed E-state index contributed by atoms with van der Waals surface area (Å²) in [5, 5.41) is 0.827. The van der Waals surface area contributed by atoms with Gasteiger partial charge in [-0.2, -0.15) is 0 Å². The topological polar surface area (TPSA) is 38.9 Å². The van der Waals surface area contributed by atoms with Crippen molar-refractivity contribution in [3.8, 4) is 0 Å². The van der Waals surface area contributed by atoms with Crippen molar-refractivity contribution < 1.29 is 4.39 Å². The first-order valence-electron chi connectivity index (χ1n) is 3.79. The minimum absolute atomic E-state index is 0.221. The second kappa shape index (κ2) is 3.37. The van der Waals surface area contributed by atoms with Crippen LogP contribution in [0.1, 0.15) is 0 Å². The zero-order chi connectivity index (χ0) is 10.3. The summed E-state index contributed by atoms with van der Waals surface area (Å²) in [6.45, 7) is 0. The van der Waals surface area contributed by atoms with Gasteiger partial charge in [-0.25, -0.2) is 4.39 Å². The highest BCUT2D eigenvalue weighted by Crippen LogP contribution is 2.34. The standard InChI is InChI=1S/C9H5BrClFN2/c10-4-1-2-5(12)9-7(4)8(11)6(13)3-14-9/h1-3H,13H2. The van der Waals surface area contributed by atoms with E-state index < -0.39 is 5.82 Å². The molecule has 2 N–H and O–H groups in total. The molecule has 72 valence electrons. The SMILES string of the molecule is Nc1cnc2c(F)ccc(Br)c2c1Cl. The van der Waals surface area contributed by atoms with E-state index in [0.29, 0.717) is 20.6 Å². The molecule has 0 aliphatic rings. The number of pyridine rings is 1. The van der Waals surface area contributed by atoms with E-state index in [4.69, 9.17) is 17.3 Å². The minimum Gasteiger partial charge on any atom is -0.396 e. The third kappa shape index (κ3) is 1.35. The molecule has 0 saturated heterocycles. The maximum atomic E-state index is 13.3. The average Bonchev–Trinajstić information content (AvgIpc) is 2.16. The normalized spacial score (nSPS) is 10.8. The lowest BCUT2D eigenvalue weighted by atomic mass is 10.2. The Balaban J connectivity index is 3.01. The van der Waals surface area contributed by atoms with Crippen LogP contribution in [0.25, 0.3) is 10.9 Å². The molecular formula is C9H5BrClFN2. The highest BCUT2D eigenvalue weighted by atomic mass is 79.9. The summed E-state index contributed by atoms with van der Waals surface area (Å²) in [5.41, 5.74) is 6.13. The zero-order valence-corrected chi connectivity index (χ0v) is 9.23. The second-order valence-corrected chi connectivity index (χ2v) is 4.01. The van der Waals surface area contributed by atoms with Crippen molar-refractivity contribution in [3.63, 3.8) is 0 Å². The third-order valence-corrected chi connectivity index (χ3v) is 2.95. The number of benzene rings is 1. The Kier molecular flexibility index (Phi) is 2.33. The first kappa shape index (κ1) is 9.68. The van der Waals surface area contributed by atoms with Crippen LogP contribution in [0.2, 0.25) is 5.02 Å². The van der Waals surface area contributed by atoms with Gasteiger partial charge < -0.3 is 5.73 Å². The Morgan fingerprint density at radius 1 is 1.43 bits per heavy atom. The van der Waals surface area contributed by atoms with Gasteiger partial charge in [-0.15, -0.1) is 0 Å². The molecule has 0 spiro atoms. The highest BCUT2D eigenvalue weighted by Gasteiger charge is 2.11. The quantitative estimate of drug-likeness (QED) is 0.800. The average molecular weight is 276 g/mol. The van der Waals surface area contributed by atoms with Gasteiger partial charge in [-0.3, -0.25) is 4.98 Å². The molecule has 0 aliphatic heterocycles. The molecule has 0 amide bonds. The van der Waals surface area contributed by atoms with Crippen LogP contribution in [0.4, 0.5) is 10.1 Å². The Morgan fingerprint density at radius 2 is 2.14 bits per heavy atom. The van der Waals surface area contributed by atoms with E-state index in [1.165, 1.54) is 12.3 Å². The van der Waals surface area contributed by atoms with Gasteiger partial charge in [0.05, 0.1) is 16.9 Å². The van der Waals surface area contributed by atoms with Crippen molar-refractivity contribution in [2.75, 3.05) is 5.73 Å². The number of halogens is 3. The largest absolute Gasteiger partial charge is 0.396 e. The maximum Gasteiger partial charge on any atom is 0.149 e. The molecule has 0 bridgehead atoms. The molecule has 5 heteroatoms. The molecule has 0 aliphatic carbocycles. The van der Waals surface area contributed by atoms with Gasteiger partial charge in [-0.1, -0.05) is 27.5 Å². The Morgan fingerprint density at radius 3 is 2.86 bits per heavy atom. The van der Waals surface area contributed by atoms with Gasteiger partial charge in [0.2, 0.25) is 0 Å². The van der Waals surface area contributed by atoms with Gasteiger partial charge in [0.15, 0.2) is 0 Å². The summed E-state index contributed by atoms with van der Waals surface area (Å²) in [5.74, 6) is -0.412. The van der Waals surface area contributed by atoms with Gasteiger partial charge in [0.1, 0.15) is 11.3 Å². The molecule has 2 aromatic rings. The molecule has 1 heterocycles. The molecule has 14 heavy (non-hydrogen) atoms. The molecule has 1 aromatic carbocycles. The number of fused-ring (bicyclic) bond motifs is 1. The molecule has 0 unspecified atom stereocenters. The van der Waals surface area contributed by atoms with E-state index in [-0.39, 0.29) is 5.52 Å². The molecule has 0 saturated carbocycles. The van der Waals surface area contributed by atoms with Gasteiger partial charge >= 0.3 is 0 Å². The van der Waals surface area contributed by atoms with E-state index in [2.05, 4.69) is 20.9 Å². The van der Waals surface area contributed by atoms with Crippen molar-refractivity contribution in [2.24, 2.45) is 0 Å². The molecular weight excluding hydrogens is 270 g/mol. The molecule has 1 aromatic heterocycles. The Hall–Kier alpha value is -0.870. The van der Waals surface area contributed by atoms with E-state index >= 15 is 0 Å². The summed E-state index contributed by atoms with van der Waals surface area (Å²) in [4.78, 5) is 3.89. The fourth-order valence-corrected chi connectivity index (χ4v) is 2.08. The second-order valence-electron chi connectivity index (χ2n) is 2.78. The van der Waals surface area contributed by atoms with Crippen LogP contribution in [0, 0.1) is 5.82 Å². The minimum atomic E-state index is -0.412. The number of hydrogen-bond donors (Lipinski definition) is 1. The fraction of sp³-hybridized carbons (Fsp3) is 0. The van der Waals surface area contributed by atoms with Gasteiger partial charge in [0.25, 0.3) is 0 Å². The lowest BCUT2D eigenvalue weighted by Crippen LogP contribution is -1.92. The summed E-state index contributed by atoms with van der Waals surface area (Å²) >= 11 is 9.21. The summed E-state index contributed by atoms with van der Waals surface area (Å²) < 4.78 is 14.0. The van der Waals surface area contributed by atoms with Crippen LogP contribution >= 0.6 is 27.5 Å². The number of aromatic nitrogens is 1. The predicted molar refractivity (Wildman–Crippen MR) is 58.8 cm³/mol. The van der Waals surface area contributed by atoms with Crippen LogP contribution in [-0.4, -0.2) is 4.98 Å². The Labute approximate surface area is 93.0 Å². The van der Waals surface area contributed by atoms with Crippen molar-refractivity contribution >= 4 is 44.1 Å². The smallest absolute Gasteiger partial charge is 0.149 e. The summed E-state index contributed by atoms with van der Waals surface area (Å²) in [6, 6.07) is 2.90. The van der Waals surface area contributed by atoms with Crippen LogP contribution < -0.4 is 5.73 Å². The number of rotatable bonds is 0. The molecule has 0 fully saturated rings. The van der Waals surface area contributed by atoms with E-state index in [9.17, 15) is 4.39 Å². The summed E-state index contributed by atoms with van der Waals surface area (Å²) in [6.07, 6.45) is 1.35. The molecule has 0 atom stereocenters. The van der Waals surface area contributed by atoms with Gasteiger partial charge in [-0.05, 0) is 12.1 Å². The first-order valence-corrected chi connectivity index (χ1v) is 4.96. The van der Waals surface area contributed by atoms with Crippen LogP contribution in [0.5, 0.6) is 0 Å². The number of nitrogen functional groups attached to an aromatic ring is 1. The maximum absolute atomic E-state index is 13.3. The van der Waals surface area contributed by atoms with Crippen molar-refractivity contribution in [2.45, 2.75) is 0 Å². The number of nitrogens with two attached hydrogens (primary N) is 1. The van der Waals surface area contributed by atoms with Crippen molar-refractivity contribution in [1.82, 2.24) is 4.98 Å². The third-order valence-electron chi connectivity index (χ3n) is 1.88.